The van der Waals surface area contributed by atoms with Gasteiger partial charge in [-0.05, 0) is 138 Å². The highest BCUT2D eigenvalue weighted by Gasteiger charge is 2.61. The Labute approximate surface area is 542 Å². The van der Waals surface area contributed by atoms with Crippen LogP contribution in [0.2, 0.25) is 0 Å². The third-order valence-corrected chi connectivity index (χ3v) is 21.6. The molecule has 0 aromatic heterocycles. The van der Waals surface area contributed by atoms with E-state index in [0.29, 0.717) is 35.5 Å². The first-order valence-electron chi connectivity index (χ1n) is 33.7. The van der Waals surface area contributed by atoms with Crippen LogP contribution in [-0.4, -0.2) is 199 Å². The van der Waals surface area contributed by atoms with Crippen molar-refractivity contribution in [3.05, 3.63) is 85.1 Å². The number of carboxylic acids is 2. The number of esters is 1. The van der Waals surface area contributed by atoms with Gasteiger partial charge in [-0.3, -0.25) is 14.4 Å². The van der Waals surface area contributed by atoms with Crippen LogP contribution in [0.25, 0.3) is 0 Å². The average molecular weight is 1300 g/mol. The Kier molecular flexibility index (Phi) is 29.9. The summed E-state index contributed by atoms with van der Waals surface area (Å²) in [5, 5.41) is 149. The molecule has 0 spiro atoms. The number of aliphatic carboxylic acids is 2. The van der Waals surface area contributed by atoms with Crippen LogP contribution in [-0.2, 0) is 33.3 Å². The van der Waals surface area contributed by atoms with Crippen LogP contribution in [0.4, 0.5) is 0 Å². The lowest BCUT2D eigenvalue weighted by Gasteiger charge is -2.58. The number of cyclic esters (lactones) is 1. The number of ether oxygens (including phenoxy) is 4. The van der Waals surface area contributed by atoms with E-state index in [2.05, 4.69) is 13.8 Å². The predicted octanol–water partition coefficient (Wildman–Crippen LogP) is 4.80. The molecule has 92 heavy (non-hydrogen) atoms. The molecule has 22 nitrogen and oxygen atoms in total. The number of carbonyl (C=O) groups excluding carboxylic acids is 1. The zero-order valence-electron chi connectivity index (χ0n) is 54.6. The van der Waals surface area contributed by atoms with E-state index in [9.17, 15) is 80.8 Å². The first kappa shape index (κ1) is 77.0. The number of aliphatic hydroxyl groups is 12. The smallest absolute Gasteiger partial charge is 0.311 e. The van der Waals surface area contributed by atoms with E-state index < -0.39 is 153 Å². The summed E-state index contributed by atoms with van der Waals surface area (Å²) in [4.78, 5) is 36.1. The standard InChI is InChI=1S/C47H73NO17.C23H38O4/c1-27-17-15-13-11-9-7-5-6-8-10-12-14-16-18-34(64-46-44(58)41(48)43(57)30(4)63-46)24-38-40(45(59)60)37(54)26-47(61,65-38)25-33(51)22-36(53)35(52)20-19-31(49)21-32(50)23-39(55)62-29(3)28(2)42(27)56;1-13(3-10-22(26)27)19-8-9-20-17-6-4-14-11-15(24)5-7-16(14)18(17)12-21(25)23(19,20)2/h5-18,27-38,40-44,46,49-54,56-58,61H,19-26,48H2,1-4H3,(H,59,60);13-21,24-25H,3-12H2,1-2H3,(H,26,27)/b6-5-,9-7-,10-8-,13-11-,14-12-,17-15-,18-16+;/t27-,28-,29-,30+,31+,32+,33-,34-,35+,36+,37-,38-,40+,41-,42+,43+,44-,46-,47+;13-,14-,15-,16+,17-,18-,19-,20+,21+,23-/m01/s1. The van der Waals surface area contributed by atoms with E-state index in [-0.39, 0.29) is 55.6 Å². The molecule has 22 heteroatoms. The lowest BCUT2D eigenvalue weighted by atomic mass is 9.48. The fraction of sp³-hybridized carbons (Fsp3) is 0.757. The summed E-state index contributed by atoms with van der Waals surface area (Å²) in [7, 11) is 0. The molecule has 0 aromatic carbocycles. The maximum absolute atomic E-state index is 12.6. The minimum absolute atomic E-state index is 0.0416. The second kappa shape index (κ2) is 35.8. The van der Waals surface area contributed by atoms with Gasteiger partial charge < -0.3 is 96.2 Å². The molecular formula is C70H111NO21. The van der Waals surface area contributed by atoms with Gasteiger partial charge in [0, 0.05) is 43.9 Å². The van der Waals surface area contributed by atoms with Crippen LogP contribution in [0.15, 0.2) is 85.1 Å². The Hall–Kier alpha value is -4.05. The van der Waals surface area contributed by atoms with Crippen LogP contribution < -0.4 is 5.73 Å². The van der Waals surface area contributed by atoms with Gasteiger partial charge in [0.05, 0.1) is 91.8 Å². The molecule has 6 fully saturated rings. The zero-order chi connectivity index (χ0) is 67.8. The van der Waals surface area contributed by atoms with Crippen molar-refractivity contribution in [2.24, 2.45) is 70.3 Å². The fourth-order valence-corrected chi connectivity index (χ4v) is 16.3. The van der Waals surface area contributed by atoms with Crippen LogP contribution in [0.5, 0.6) is 0 Å². The summed E-state index contributed by atoms with van der Waals surface area (Å²) < 4.78 is 23.1. The van der Waals surface area contributed by atoms with Gasteiger partial charge in [-0.1, -0.05) is 113 Å². The van der Waals surface area contributed by atoms with E-state index in [1.165, 1.54) is 32.3 Å². The third-order valence-electron chi connectivity index (χ3n) is 21.6. The molecule has 0 radical (unpaired) electrons. The average Bonchev–Trinajstić information content (AvgIpc) is 1.45. The SMILES string of the molecule is C[C@@H]1[C@H](O)[C@@H](C)\C=C/C=C\C=C/C=C\C=C/C=C\C=C\[C@H](O[C@@H]2O[C@H](C)[C@@H](O)[C@H](N)[C@@H]2O)C[C@@H]2O[C@](O)(C[C@@H](O)C[C@@H](O)[C@H](O)CC[C@@H](O)C[C@@H](O)CC(=O)O[C@H]1C)C[C@H](O)[C@H]2C(=O)O.C[C@H](CCC(=O)O)[C@H]1CC[C@H]2[C@@H]3CC[C@@H]4C[C@H](O)CC[C@@H]4[C@H]3C[C@H](O)[C@]12C. The minimum atomic E-state index is -2.33. The van der Waals surface area contributed by atoms with E-state index in [1.54, 1.807) is 80.7 Å². The quantitative estimate of drug-likeness (QED) is 0.152. The van der Waals surface area contributed by atoms with E-state index in [0.717, 1.165) is 44.4 Å². The van der Waals surface area contributed by atoms with Crippen molar-refractivity contribution < 1.29 is 105 Å². The van der Waals surface area contributed by atoms with Crippen molar-refractivity contribution >= 4 is 17.9 Å². The normalized spacial score (nSPS) is 46.9. The Morgan fingerprint density at radius 1 is 0.620 bits per heavy atom. The Morgan fingerprint density at radius 2 is 1.22 bits per heavy atom. The van der Waals surface area contributed by atoms with Gasteiger partial charge in [0.15, 0.2) is 12.1 Å². The van der Waals surface area contributed by atoms with Crippen molar-refractivity contribution in [1.29, 1.82) is 0 Å². The number of hydrogen-bond donors (Lipinski definition) is 15. The van der Waals surface area contributed by atoms with Crippen LogP contribution >= 0.6 is 0 Å². The molecule has 29 atom stereocenters. The Morgan fingerprint density at radius 3 is 1.85 bits per heavy atom. The first-order chi connectivity index (χ1) is 43.4. The van der Waals surface area contributed by atoms with Crippen molar-refractivity contribution in [3.63, 3.8) is 0 Å². The number of carbonyl (C=O) groups is 3. The second-order valence-electron chi connectivity index (χ2n) is 28.2. The van der Waals surface area contributed by atoms with Gasteiger partial charge in [0.1, 0.15) is 18.1 Å². The molecule has 2 bridgehead atoms. The molecule has 7 aliphatic rings. The van der Waals surface area contributed by atoms with Gasteiger partial charge in [-0.2, -0.15) is 0 Å². The molecule has 0 unspecified atom stereocenters. The molecule has 3 aliphatic heterocycles. The minimum Gasteiger partial charge on any atom is -0.481 e. The summed E-state index contributed by atoms with van der Waals surface area (Å²) in [6.07, 6.45) is 12.9. The van der Waals surface area contributed by atoms with Crippen LogP contribution in [0.1, 0.15) is 157 Å². The molecule has 4 saturated carbocycles. The van der Waals surface area contributed by atoms with Gasteiger partial charge in [0.2, 0.25) is 0 Å². The van der Waals surface area contributed by atoms with Crippen LogP contribution in [0.3, 0.4) is 0 Å². The highest BCUT2D eigenvalue weighted by molar-refractivity contribution is 5.72. The first-order valence-corrected chi connectivity index (χ1v) is 33.7. The summed E-state index contributed by atoms with van der Waals surface area (Å²) in [6.45, 7) is 11.3. The zero-order valence-corrected chi connectivity index (χ0v) is 54.6. The molecular weight excluding hydrogens is 1190 g/mol. The molecule has 2 saturated heterocycles. The van der Waals surface area contributed by atoms with Gasteiger partial charge in [-0.15, -0.1) is 0 Å². The molecule has 7 rings (SSSR count). The number of allylic oxidation sites excluding steroid dienone is 12. The van der Waals surface area contributed by atoms with Crippen LogP contribution in [0, 0.1) is 64.6 Å². The second-order valence-corrected chi connectivity index (χ2v) is 28.2. The largest absolute Gasteiger partial charge is 0.481 e. The van der Waals surface area contributed by atoms with Crippen molar-refractivity contribution in [1.82, 2.24) is 0 Å². The Balaban J connectivity index is 0.000000408. The van der Waals surface area contributed by atoms with Crippen molar-refractivity contribution in [2.45, 2.75) is 267 Å². The topological polar surface area (TPSA) is 397 Å². The van der Waals surface area contributed by atoms with Gasteiger partial charge in [0.25, 0.3) is 0 Å². The van der Waals surface area contributed by atoms with Gasteiger partial charge in [-0.25, -0.2) is 0 Å². The van der Waals surface area contributed by atoms with Crippen molar-refractivity contribution in [2.75, 3.05) is 0 Å². The summed E-state index contributed by atoms with van der Waals surface area (Å²) in [5.41, 5.74) is 5.98. The summed E-state index contributed by atoms with van der Waals surface area (Å²) in [6, 6.07) is -1.15. The number of rotatable bonds is 7. The maximum Gasteiger partial charge on any atom is 0.311 e. The third kappa shape index (κ3) is 21.2. The highest BCUT2D eigenvalue weighted by Crippen LogP contribution is 2.65. The molecule has 3 heterocycles. The van der Waals surface area contributed by atoms with E-state index in [4.69, 9.17) is 29.8 Å². The monoisotopic (exact) mass is 1300 g/mol. The molecule has 0 amide bonds. The highest BCUT2D eigenvalue weighted by atomic mass is 16.7. The number of aliphatic hydroxyl groups excluding tert-OH is 11. The summed E-state index contributed by atoms with van der Waals surface area (Å²) >= 11 is 0. The van der Waals surface area contributed by atoms with E-state index >= 15 is 0 Å². The number of carboxylic acid groups (broad SMARTS) is 2. The number of hydrogen-bond acceptors (Lipinski definition) is 20. The lowest BCUT2D eigenvalue weighted by molar-refractivity contribution is -0.308. The molecule has 4 aliphatic carbocycles. The van der Waals surface area contributed by atoms with Crippen molar-refractivity contribution in [3.8, 4) is 0 Å². The number of nitrogens with two attached hydrogens (primary N) is 1. The lowest BCUT2D eigenvalue weighted by Crippen LogP contribution is -2.61. The fourth-order valence-electron chi connectivity index (χ4n) is 16.3. The Bertz CT molecular complexity index is 2520. The molecule has 16 N–H and O–H groups in total. The summed E-state index contributed by atoms with van der Waals surface area (Å²) in [5.74, 6) is -3.39. The number of fused-ring (bicyclic) bond motifs is 7. The predicted molar refractivity (Wildman–Crippen MR) is 341 cm³/mol. The molecule has 0 aromatic rings. The van der Waals surface area contributed by atoms with E-state index in [1.807, 2.05) is 19.1 Å². The van der Waals surface area contributed by atoms with Gasteiger partial charge >= 0.3 is 17.9 Å². The molecule has 522 valence electrons. The maximum atomic E-state index is 12.6.